The lowest BCUT2D eigenvalue weighted by Crippen LogP contribution is -2.20. The van der Waals surface area contributed by atoms with Gasteiger partial charge in [0.1, 0.15) is 5.75 Å². The third-order valence-corrected chi connectivity index (χ3v) is 4.17. The number of methoxy groups -OCH3 is 1. The first-order valence-electron chi connectivity index (χ1n) is 6.41. The Labute approximate surface area is 131 Å². The van der Waals surface area contributed by atoms with Crippen molar-refractivity contribution in [2.45, 2.75) is 6.42 Å². The highest BCUT2D eigenvalue weighted by Crippen LogP contribution is 2.27. The van der Waals surface area contributed by atoms with E-state index in [9.17, 15) is 4.39 Å². The summed E-state index contributed by atoms with van der Waals surface area (Å²) in [6.45, 7) is 0.775. The van der Waals surface area contributed by atoms with Gasteiger partial charge in [-0.2, -0.15) is 8.97 Å². The van der Waals surface area contributed by atoms with E-state index in [0.29, 0.717) is 5.69 Å². The van der Waals surface area contributed by atoms with E-state index in [1.54, 1.807) is 13.2 Å². The molecule has 1 aliphatic heterocycles. The van der Waals surface area contributed by atoms with Crippen molar-refractivity contribution in [3.63, 3.8) is 0 Å². The van der Waals surface area contributed by atoms with Crippen molar-refractivity contribution in [2.24, 2.45) is 0 Å². The van der Waals surface area contributed by atoms with Gasteiger partial charge in [-0.25, -0.2) is 0 Å². The van der Waals surface area contributed by atoms with Crippen LogP contribution < -0.4 is 4.74 Å². The van der Waals surface area contributed by atoms with Crippen molar-refractivity contribution in [1.29, 1.82) is 0 Å². The van der Waals surface area contributed by atoms with Crippen LogP contribution in [0.5, 0.6) is 5.75 Å². The Morgan fingerprint density at radius 1 is 1.25 bits per heavy atom. The highest BCUT2D eigenvalue weighted by atomic mass is 127. The standard InChI is InChI=1S/C16H14FINO/c1-20-16-4-2-3-11-7-8-19(10-13(11)16)15-6-5-12(18)9-14(15)17/h2-6,9-10H,7-8H2,1H3/q+1. The molecule has 0 saturated heterocycles. The van der Waals surface area contributed by atoms with Crippen LogP contribution in [0, 0.1) is 9.39 Å². The molecule has 0 aromatic heterocycles. The third-order valence-electron chi connectivity index (χ3n) is 3.50. The van der Waals surface area contributed by atoms with Gasteiger partial charge in [0.2, 0.25) is 5.69 Å². The minimum atomic E-state index is -0.188. The van der Waals surface area contributed by atoms with E-state index in [1.165, 1.54) is 5.56 Å². The summed E-state index contributed by atoms with van der Waals surface area (Å²) >= 11 is 2.12. The van der Waals surface area contributed by atoms with Gasteiger partial charge < -0.3 is 4.74 Å². The van der Waals surface area contributed by atoms with Gasteiger partial charge in [-0.1, -0.05) is 12.1 Å². The Kier molecular flexibility index (Phi) is 3.74. The summed E-state index contributed by atoms with van der Waals surface area (Å²) in [6.07, 6.45) is 2.86. The van der Waals surface area contributed by atoms with E-state index < -0.39 is 0 Å². The predicted molar refractivity (Wildman–Crippen MR) is 85.8 cm³/mol. The number of rotatable bonds is 2. The van der Waals surface area contributed by atoms with Crippen LogP contribution in [0.2, 0.25) is 0 Å². The third kappa shape index (κ3) is 2.44. The fourth-order valence-corrected chi connectivity index (χ4v) is 2.95. The molecule has 0 unspecified atom stereocenters. The van der Waals surface area contributed by atoms with Gasteiger partial charge in [-0.3, -0.25) is 0 Å². The Morgan fingerprint density at radius 2 is 2.10 bits per heavy atom. The second-order valence-electron chi connectivity index (χ2n) is 4.70. The molecule has 0 saturated carbocycles. The van der Waals surface area contributed by atoms with E-state index in [2.05, 4.69) is 28.7 Å². The van der Waals surface area contributed by atoms with E-state index in [0.717, 1.165) is 27.8 Å². The average Bonchev–Trinajstić information content (AvgIpc) is 2.46. The maximum Gasteiger partial charge on any atom is 0.241 e. The summed E-state index contributed by atoms with van der Waals surface area (Å²) in [4.78, 5) is 0. The van der Waals surface area contributed by atoms with Crippen LogP contribution in [0.1, 0.15) is 11.1 Å². The zero-order chi connectivity index (χ0) is 14.1. The molecule has 0 amide bonds. The molecule has 4 heteroatoms. The summed E-state index contributed by atoms with van der Waals surface area (Å²) < 4.78 is 22.3. The van der Waals surface area contributed by atoms with E-state index in [4.69, 9.17) is 4.74 Å². The number of hydrogen-bond acceptors (Lipinski definition) is 1. The van der Waals surface area contributed by atoms with Crippen LogP contribution in [0.3, 0.4) is 0 Å². The Morgan fingerprint density at radius 3 is 2.85 bits per heavy atom. The summed E-state index contributed by atoms with van der Waals surface area (Å²) in [5, 5.41) is 0. The van der Waals surface area contributed by atoms with Crippen LogP contribution in [0.15, 0.2) is 36.4 Å². The fraction of sp³-hybridized carbons (Fsp3) is 0.188. The highest BCUT2D eigenvalue weighted by Gasteiger charge is 2.23. The van der Waals surface area contributed by atoms with Gasteiger partial charge in [0.15, 0.2) is 18.6 Å². The molecular weight excluding hydrogens is 368 g/mol. The number of fused-ring (bicyclic) bond motifs is 1. The van der Waals surface area contributed by atoms with Crippen molar-refractivity contribution >= 4 is 34.5 Å². The number of halogens is 2. The topological polar surface area (TPSA) is 12.2 Å². The minimum absolute atomic E-state index is 0.188. The van der Waals surface area contributed by atoms with Gasteiger partial charge >= 0.3 is 0 Å². The zero-order valence-corrected chi connectivity index (χ0v) is 13.2. The first-order chi connectivity index (χ1) is 9.69. The summed E-state index contributed by atoms with van der Waals surface area (Å²) in [7, 11) is 1.66. The van der Waals surface area contributed by atoms with E-state index in [-0.39, 0.29) is 5.82 Å². The van der Waals surface area contributed by atoms with Crippen LogP contribution in [-0.4, -0.2) is 24.4 Å². The molecule has 3 rings (SSSR count). The van der Waals surface area contributed by atoms with Crippen molar-refractivity contribution in [2.75, 3.05) is 13.7 Å². The summed E-state index contributed by atoms with van der Waals surface area (Å²) in [5.41, 5.74) is 2.90. The largest absolute Gasteiger partial charge is 0.496 e. The highest BCUT2D eigenvalue weighted by molar-refractivity contribution is 14.1. The van der Waals surface area contributed by atoms with Gasteiger partial charge in [0.05, 0.1) is 12.7 Å². The number of ether oxygens (including phenoxy) is 1. The summed E-state index contributed by atoms with van der Waals surface area (Å²) in [5.74, 6) is 0.643. The minimum Gasteiger partial charge on any atom is -0.496 e. The molecule has 0 radical (unpaired) electrons. The van der Waals surface area contributed by atoms with Crippen molar-refractivity contribution in [3.05, 3.63) is 56.9 Å². The quantitative estimate of drug-likeness (QED) is 0.569. The molecule has 0 spiro atoms. The van der Waals surface area contributed by atoms with E-state index in [1.807, 2.05) is 35.1 Å². The fourth-order valence-electron chi connectivity index (χ4n) is 2.50. The molecular formula is C16H14FINO+. The predicted octanol–water partition coefficient (Wildman–Crippen LogP) is 3.76. The lowest BCUT2D eigenvalue weighted by Gasteiger charge is -2.14. The Balaban J connectivity index is 2.10. The lowest BCUT2D eigenvalue weighted by atomic mass is 10.0. The molecule has 2 aromatic carbocycles. The number of benzene rings is 2. The second-order valence-corrected chi connectivity index (χ2v) is 5.95. The first-order valence-corrected chi connectivity index (χ1v) is 7.49. The molecule has 0 atom stereocenters. The van der Waals surface area contributed by atoms with Crippen molar-refractivity contribution in [1.82, 2.24) is 0 Å². The first kappa shape index (κ1) is 13.5. The smallest absolute Gasteiger partial charge is 0.241 e. The number of hydrogen-bond donors (Lipinski definition) is 0. The molecule has 1 heterocycles. The Bertz CT molecular complexity index is 697. The average molecular weight is 382 g/mol. The van der Waals surface area contributed by atoms with Crippen LogP contribution >= 0.6 is 22.6 Å². The van der Waals surface area contributed by atoms with Crippen molar-refractivity contribution < 1.29 is 13.7 Å². The van der Waals surface area contributed by atoms with E-state index >= 15 is 0 Å². The van der Waals surface area contributed by atoms with Gasteiger partial charge in [0, 0.05) is 16.1 Å². The van der Waals surface area contributed by atoms with Gasteiger partial charge in [-0.05, 0) is 46.4 Å². The molecule has 0 N–H and O–H groups in total. The molecule has 102 valence electrons. The normalized spacial score (nSPS) is 13.7. The molecule has 20 heavy (non-hydrogen) atoms. The maximum atomic E-state index is 14.1. The monoisotopic (exact) mass is 382 g/mol. The van der Waals surface area contributed by atoms with Gasteiger partial charge in [-0.15, -0.1) is 0 Å². The molecule has 0 fully saturated rings. The molecule has 1 aliphatic rings. The molecule has 2 aromatic rings. The molecule has 0 bridgehead atoms. The molecule has 2 nitrogen and oxygen atoms in total. The zero-order valence-electron chi connectivity index (χ0n) is 11.1. The lowest BCUT2D eigenvalue weighted by molar-refractivity contribution is -0.438. The van der Waals surface area contributed by atoms with Crippen LogP contribution in [0.4, 0.5) is 10.1 Å². The Hall–Kier alpha value is -1.43. The number of nitrogens with zero attached hydrogens (tertiary/aromatic N) is 1. The second kappa shape index (κ2) is 5.52. The van der Waals surface area contributed by atoms with Crippen molar-refractivity contribution in [3.8, 4) is 5.75 Å². The summed E-state index contributed by atoms with van der Waals surface area (Å²) in [6, 6.07) is 11.3. The van der Waals surface area contributed by atoms with Crippen LogP contribution in [-0.2, 0) is 6.42 Å². The maximum absolute atomic E-state index is 14.1. The molecule has 0 aliphatic carbocycles. The van der Waals surface area contributed by atoms with Gasteiger partial charge in [0.25, 0.3) is 0 Å². The van der Waals surface area contributed by atoms with Crippen LogP contribution in [0.25, 0.3) is 0 Å². The SMILES string of the molecule is COc1cccc2c1C=[N+](c1ccc(I)cc1F)CC2.